The Hall–Kier alpha value is -0.700. The molecule has 1 N–H and O–H groups in total. The first-order valence-electron chi connectivity index (χ1n) is 6.73. The van der Waals surface area contributed by atoms with Gasteiger partial charge < -0.3 is 14.6 Å². The number of carboxylic acid groups (broad SMARTS) is 1. The largest absolute Gasteiger partial charge is 0.481 e. The van der Waals surface area contributed by atoms with Crippen LogP contribution in [0.2, 0.25) is 0 Å². The fourth-order valence-corrected chi connectivity index (χ4v) is 4.10. The molecular formula is C12H23NO6S. The highest BCUT2D eigenvalue weighted by Gasteiger charge is 2.42. The van der Waals surface area contributed by atoms with Crippen molar-refractivity contribution in [3.8, 4) is 0 Å². The van der Waals surface area contributed by atoms with Crippen molar-refractivity contribution in [2.45, 2.75) is 25.8 Å². The van der Waals surface area contributed by atoms with Crippen molar-refractivity contribution in [3.63, 3.8) is 0 Å². The van der Waals surface area contributed by atoms with Crippen molar-refractivity contribution in [1.29, 1.82) is 0 Å². The predicted octanol–water partition coefficient (Wildman–Crippen LogP) is 0.164. The van der Waals surface area contributed by atoms with Gasteiger partial charge in [-0.3, -0.25) is 4.79 Å². The van der Waals surface area contributed by atoms with E-state index in [1.165, 1.54) is 11.4 Å². The van der Waals surface area contributed by atoms with E-state index in [0.29, 0.717) is 26.0 Å². The third-order valence-corrected chi connectivity index (χ3v) is 5.26. The summed E-state index contributed by atoms with van der Waals surface area (Å²) >= 11 is 0. The van der Waals surface area contributed by atoms with Gasteiger partial charge in [-0.05, 0) is 12.8 Å². The second kappa shape index (κ2) is 7.92. The molecular weight excluding hydrogens is 286 g/mol. The van der Waals surface area contributed by atoms with Crippen molar-refractivity contribution in [3.05, 3.63) is 0 Å². The van der Waals surface area contributed by atoms with Gasteiger partial charge in [-0.15, -0.1) is 0 Å². The van der Waals surface area contributed by atoms with Crippen LogP contribution in [0.1, 0.15) is 19.8 Å². The molecule has 1 fully saturated rings. The highest BCUT2D eigenvalue weighted by atomic mass is 32.2. The van der Waals surface area contributed by atoms with E-state index in [-0.39, 0.29) is 19.0 Å². The fourth-order valence-electron chi connectivity index (χ4n) is 2.30. The Bertz CT molecular complexity index is 410. The summed E-state index contributed by atoms with van der Waals surface area (Å²) in [4.78, 5) is 11.2. The van der Waals surface area contributed by atoms with Gasteiger partial charge in [-0.1, -0.05) is 6.92 Å². The Labute approximate surface area is 119 Å². The molecule has 2 unspecified atom stereocenters. The van der Waals surface area contributed by atoms with Gasteiger partial charge in [0.15, 0.2) is 0 Å². The fraction of sp³-hybridized carbons (Fsp3) is 0.917. The van der Waals surface area contributed by atoms with Gasteiger partial charge in [0.1, 0.15) is 0 Å². The molecule has 0 aromatic heterocycles. The van der Waals surface area contributed by atoms with Crippen molar-refractivity contribution in [2.75, 3.05) is 39.2 Å². The van der Waals surface area contributed by atoms with Crippen LogP contribution in [0.15, 0.2) is 0 Å². The van der Waals surface area contributed by atoms with E-state index in [9.17, 15) is 13.2 Å². The molecule has 0 aromatic carbocycles. The Morgan fingerprint density at radius 3 is 2.70 bits per heavy atom. The lowest BCUT2D eigenvalue weighted by atomic mass is 10.0. The summed E-state index contributed by atoms with van der Waals surface area (Å²) in [7, 11) is -1.98. The van der Waals surface area contributed by atoms with Crippen LogP contribution in [0.5, 0.6) is 0 Å². The van der Waals surface area contributed by atoms with E-state index >= 15 is 0 Å². The molecule has 118 valence electrons. The first-order chi connectivity index (χ1) is 9.44. The van der Waals surface area contributed by atoms with Gasteiger partial charge >= 0.3 is 5.97 Å². The van der Waals surface area contributed by atoms with Crippen LogP contribution in [0.4, 0.5) is 0 Å². The molecule has 1 aliphatic heterocycles. The number of rotatable bonds is 9. The van der Waals surface area contributed by atoms with Gasteiger partial charge in [0.25, 0.3) is 0 Å². The Kier molecular flexibility index (Phi) is 6.87. The molecule has 8 heteroatoms. The minimum Gasteiger partial charge on any atom is -0.481 e. The van der Waals surface area contributed by atoms with E-state index in [0.717, 1.165) is 0 Å². The number of sulfonamides is 1. The number of nitrogens with zero attached hydrogens (tertiary/aromatic N) is 1. The molecule has 20 heavy (non-hydrogen) atoms. The quantitative estimate of drug-likeness (QED) is 0.610. The first kappa shape index (κ1) is 17.4. The smallest absolute Gasteiger partial charge is 0.310 e. The molecule has 1 rings (SSSR count). The number of carbonyl (C=O) groups is 1. The van der Waals surface area contributed by atoms with Gasteiger partial charge in [0.2, 0.25) is 10.0 Å². The van der Waals surface area contributed by atoms with E-state index in [1.807, 2.05) is 6.92 Å². The summed E-state index contributed by atoms with van der Waals surface area (Å²) in [5, 5.41) is 9.16. The van der Waals surface area contributed by atoms with Crippen LogP contribution in [0.3, 0.4) is 0 Å². The molecule has 1 aliphatic rings. The zero-order valence-electron chi connectivity index (χ0n) is 11.9. The Balaban J connectivity index is 2.84. The molecule has 0 amide bonds. The normalized spacial score (nSPS) is 23.4. The molecule has 2 atom stereocenters. The monoisotopic (exact) mass is 309 g/mol. The number of ether oxygens (including phenoxy) is 2. The Morgan fingerprint density at radius 1 is 1.45 bits per heavy atom. The first-order valence-corrected chi connectivity index (χ1v) is 8.34. The SMILES string of the molecule is CCCN(C1COCC1C(=O)O)S(=O)(=O)CCCOC. The molecule has 0 bridgehead atoms. The maximum atomic E-state index is 12.4. The van der Waals surface area contributed by atoms with Crippen molar-refractivity contribution < 1.29 is 27.8 Å². The minimum absolute atomic E-state index is 0.0380. The molecule has 0 spiro atoms. The van der Waals surface area contributed by atoms with Crippen molar-refractivity contribution in [2.24, 2.45) is 5.92 Å². The van der Waals surface area contributed by atoms with E-state index in [2.05, 4.69) is 0 Å². The molecule has 7 nitrogen and oxygen atoms in total. The van der Waals surface area contributed by atoms with Crippen LogP contribution in [-0.4, -0.2) is 69.1 Å². The zero-order valence-corrected chi connectivity index (χ0v) is 12.8. The van der Waals surface area contributed by atoms with Crippen LogP contribution < -0.4 is 0 Å². The minimum atomic E-state index is -3.50. The third kappa shape index (κ3) is 4.41. The second-order valence-corrected chi connectivity index (χ2v) is 6.86. The van der Waals surface area contributed by atoms with E-state index < -0.39 is 28.0 Å². The maximum Gasteiger partial charge on any atom is 0.310 e. The number of hydrogen-bond donors (Lipinski definition) is 1. The van der Waals surface area contributed by atoms with Gasteiger partial charge in [0, 0.05) is 20.3 Å². The summed E-state index contributed by atoms with van der Waals surface area (Å²) in [6.07, 6.45) is 1.02. The van der Waals surface area contributed by atoms with Crippen LogP contribution in [0, 0.1) is 5.92 Å². The van der Waals surface area contributed by atoms with Crippen LogP contribution in [0.25, 0.3) is 0 Å². The zero-order chi connectivity index (χ0) is 15.2. The van der Waals surface area contributed by atoms with E-state index in [1.54, 1.807) is 0 Å². The van der Waals surface area contributed by atoms with Crippen molar-refractivity contribution >= 4 is 16.0 Å². The molecule has 1 saturated heterocycles. The molecule has 1 heterocycles. The lowest BCUT2D eigenvalue weighted by Crippen LogP contribution is -2.47. The molecule has 0 aromatic rings. The number of hydrogen-bond acceptors (Lipinski definition) is 5. The maximum absolute atomic E-state index is 12.4. The standard InChI is InChI=1S/C12H23NO6S/c1-3-5-13(20(16,17)7-4-6-18-2)11-9-19-8-10(11)12(14)15/h10-11H,3-9H2,1-2H3,(H,14,15). The third-order valence-electron chi connectivity index (χ3n) is 3.29. The van der Waals surface area contributed by atoms with Crippen LogP contribution >= 0.6 is 0 Å². The van der Waals surface area contributed by atoms with Crippen molar-refractivity contribution in [1.82, 2.24) is 4.31 Å². The lowest BCUT2D eigenvalue weighted by Gasteiger charge is -2.29. The molecule has 0 saturated carbocycles. The average Bonchev–Trinajstić information content (AvgIpc) is 2.84. The van der Waals surface area contributed by atoms with Gasteiger partial charge in [0.05, 0.1) is 30.9 Å². The highest BCUT2D eigenvalue weighted by molar-refractivity contribution is 7.89. The average molecular weight is 309 g/mol. The summed E-state index contributed by atoms with van der Waals surface area (Å²) in [5.74, 6) is -1.84. The molecule has 0 aliphatic carbocycles. The number of aliphatic carboxylic acids is 1. The van der Waals surface area contributed by atoms with Crippen LogP contribution in [-0.2, 0) is 24.3 Å². The van der Waals surface area contributed by atoms with Gasteiger partial charge in [-0.2, -0.15) is 4.31 Å². The van der Waals surface area contributed by atoms with E-state index in [4.69, 9.17) is 14.6 Å². The summed E-state index contributed by atoms with van der Waals surface area (Å²) in [6.45, 7) is 2.74. The highest BCUT2D eigenvalue weighted by Crippen LogP contribution is 2.23. The lowest BCUT2D eigenvalue weighted by molar-refractivity contribution is -0.142. The Morgan fingerprint density at radius 2 is 2.15 bits per heavy atom. The van der Waals surface area contributed by atoms with Gasteiger partial charge in [-0.25, -0.2) is 8.42 Å². The summed E-state index contributed by atoms with van der Waals surface area (Å²) in [5.41, 5.74) is 0. The molecule has 0 radical (unpaired) electrons. The second-order valence-electron chi connectivity index (χ2n) is 4.82. The topological polar surface area (TPSA) is 93.1 Å². The summed E-state index contributed by atoms with van der Waals surface area (Å²) in [6, 6.07) is -0.611. The predicted molar refractivity (Wildman–Crippen MR) is 73.0 cm³/mol. The summed E-state index contributed by atoms with van der Waals surface area (Å²) < 4.78 is 36.1. The number of methoxy groups -OCH3 is 1. The number of carboxylic acids is 1.